The van der Waals surface area contributed by atoms with E-state index in [4.69, 9.17) is 18.9 Å². The van der Waals surface area contributed by atoms with Gasteiger partial charge >= 0.3 is 18.1 Å². The smallest absolute Gasteiger partial charge is 0.459 e. The second-order valence-electron chi connectivity index (χ2n) is 11.6. The van der Waals surface area contributed by atoms with Gasteiger partial charge in [0.1, 0.15) is 17.7 Å². The summed E-state index contributed by atoms with van der Waals surface area (Å²) in [5.41, 5.74) is -0.381. The predicted molar refractivity (Wildman–Crippen MR) is 148 cm³/mol. The Morgan fingerprint density at radius 1 is 0.950 bits per heavy atom. The van der Waals surface area contributed by atoms with E-state index in [9.17, 15) is 19.2 Å². The third-order valence-electron chi connectivity index (χ3n) is 5.74. The van der Waals surface area contributed by atoms with Gasteiger partial charge in [0.15, 0.2) is 6.23 Å². The monoisotopic (exact) mass is 563 g/mol. The lowest BCUT2D eigenvalue weighted by Crippen LogP contribution is -2.51. The highest BCUT2D eigenvalue weighted by atomic mass is 16.7. The first-order valence-corrected chi connectivity index (χ1v) is 13.7. The molecule has 224 valence electrons. The number of rotatable bonds is 12. The Morgan fingerprint density at radius 3 is 2.17 bits per heavy atom. The van der Waals surface area contributed by atoms with E-state index in [0.717, 1.165) is 5.56 Å². The van der Waals surface area contributed by atoms with Crippen molar-refractivity contribution < 1.29 is 38.1 Å². The van der Waals surface area contributed by atoms with Crippen molar-refractivity contribution in [3.8, 4) is 0 Å². The van der Waals surface area contributed by atoms with Crippen LogP contribution >= 0.6 is 0 Å². The summed E-state index contributed by atoms with van der Waals surface area (Å²) in [6.07, 6.45) is -0.608. The molecule has 11 heteroatoms. The molecule has 0 unspecified atom stereocenters. The van der Waals surface area contributed by atoms with Crippen molar-refractivity contribution in [1.29, 1.82) is 0 Å². The number of likely N-dealkylation sites (tertiary alicyclic amines) is 1. The molecular formula is C29H45N3O8. The number of amides is 1. The fourth-order valence-electron chi connectivity index (χ4n) is 4.28. The van der Waals surface area contributed by atoms with E-state index in [1.807, 2.05) is 35.2 Å². The zero-order chi connectivity index (χ0) is 29.9. The fourth-order valence-corrected chi connectivity index (χ4v) is 4.28. The summed E-state index contributed by atoms with van der Waals surface area (Å²) < 4.78 is 21.3. The number of carbonyl (C=O) groups is 4. The molecule has 1 aliphatic rings. The Bertz CT molecular complexity index is 987. The fraction of sp³-hybridized carbons (Fsp3) is 0.655. The minimum atomic E-state index is -0.796. The molecule has 0 saturated carbocycles. The molecule has 1 fully saturated rings. The highest BCUT2D eigenvalue weighted by Gasteiger charge is 2.42. The van der Waals surface area contributed by atoms with Crippen molar-refractivity contribution in [2.75, 3.05) is 32.8 Å². The molecule has 1 aliphatic heterocycles. The standard InChI is InChI=1S/C29H45N3O8/c1-8-37-27(36)38-23-15-14-22(32(23)19-21-12-10-9-11-13-21)26(35)31(20-25(34)40-29(5,6)7)17-16-30-18-24(33)39-28(2,3)4/h9-13,22-23,30H,8,14-20H2,1-7H3/t22-,23+/m0/s1. The van der Waals surface area contributed by atoms with E-state index >= 15 is 0 Å². The Hall–Kier alpha value is -3.18. The van der Waals surface area contributed by atoms with Crippen LogP contribution in [0.2, 0.25) is 0 Å². The molecule has 1 amide bonds. The molecule has 1 saturated heterocycles. The number of nitrogens with one attached hydrogen (secondary N) is 1. The molecular weight excluding hydrogens is 518 g/mol. The van der Waals surface area contributed by atoms with Crippen LogP contribution in [0.3, 0.4) is 0 Å². The summed E-state index contributed by atoms with van der Waals surface area (Å²) >= 11 is 0. The van der Waals surface area contributed by atoms with E-state index in [0.29, 0.717) is 19.4 Å². The van der Waals surface area contributed by atoms with Gasteiger partial charge in [-0.25, -0.2) is 4.79 Å². The van der Waals surface area contributed by atoms with E-state index in [1.54, 1.807) is 48.5 Å². The lowest BCUT2D eigenvalue weighted by molar-refractivity contribution is -0.160. The van der Waals surface area contributed by atoms with Crippen LogP contribution in [-0.2, 0) is 39.9 Å². The van der Waals surface area contributed by atoms with Gasteiger partial charge in [-0.1, -0.05) is 30.3 Å². The third kappa shape index (κ3) is 11.9. The largest absolute Gasteiger partial charge is 0.509 e. The Labute approximate surface area is 237 Å². The quantitative estimate of drug-likeness (QED) is 0.230. The van der Waals surface area contributed by atoms with Gasteiger partial charge in [0.25, 0.3) is 0 Å². The second-order valence-corrected chi connectivity index (χ2v) is 11.6. The van der Waals surface area contributed by atoms with Crippen LogP contribution in [0.1, 0.15) is 66.9 Å². The van der Waals surface area contributed by atoms with Gasteiger partial charge in [0.2, 0.25) is 5.91 Å². The summed E-state index contributed by atoms with van der Waals surface area (Å²) in [5.74, 6) is -1.25. The van der Waals surface area contributed by atoms with Gasteiger partial charge in [0, 0.05) is 26.1 Å². The normalized spacial score (nSPS) is 17.7. The van der Waals surface area contributed by atoms with Crippen LogP contribution in [0.5, 0.6) is 0 Å². The molecule has 0 spiro atoms. The predicted octanol–water partition coefficient (Wildman–Crippen LogP) is 3.25. The van der Waals surface area contributed by atoms with Gasteiger partial charge < -0.3 is 29.2 Å². The summed E-state index contributed by atoms with van der Waals surface area (Å²) in [6.45, 7) is 13.0. The van der Waals surface area contributed by atoms with E-state index in [-0.39, 0.29) is 38.7 Å². The molecule has 0 aliphatic carbocycles. The average molecular weight is 564 g/mol. The molecule has 0 radical (unpaired) electrons. The Morgan fingerprint density at radius 2 is 1.57 bits per heavy atom. The van der Waals surface area contributed by atoms with Gasteiger partial charge in [0.05, 0.1) is 19.2 Å². The van der Waals surface area contributed by atoms with E-state index < -0.39 is 41.6 Å². The minimum Gasteiger partial charge on any atom is -0.459 e. The van der Waals surface area contributed by atoms with Crippen molar-refractivity contribution in [1.82, 2.24) is 15.1 Å². The SMILES string of the molecule is CCOC(=O)O[C@@H]1CC[C@@H](C(=O)N(CCNCC(=O)OC(C)(C)C)CC(=O)OC(C)(C)C)N1Cc1ccccc1. The molecule has 40 heavy (non-hydrogen) atoms. The lowest BCUT2D eigenvalue weighted by Gasteiger charge is -2.33. The van der Waals surface area contributed by atoms with Crippen LogP contribution in [0, 0.1) is 0 Å². The summed E-state index contributed by atoms with van der Waals surface area (Å²) in [5, 5.41) is 2.99. The molecule has 2 rings (SSSR count). The minimum absolute atomic E-state index is 0.0370. The van der Waals surface area contributed by atoms with Gasteiger partial charge in [-0.05, 0) is 60.5 Å². The van der Waals surface area contributed by atoms with Crippen molar-refractivity contribution in [3.05, 3.63) is 35.9 Å². The molecule has 1 heterocycles. The summed E-state index contributed by atoms with van der Waals surface area (Å²) in [7, 11) is 0. The maximum atomic E-state index is 13.9. The molecule has 1 N–H and O–H groups in total. The number of ether oxygens (including phenoxy) is 4. The summed E-state index contributed by atoms with van der Waals surface area (Å²) in [6, 6.07) is 8.91. The number of esters is 2. The summed E-state index contributed by atoms with van der Waals surface area (Å²) in [4.78, 5) is 54.1. The first-order chi connectivity index (χ1) is 18.7. The first-order valence-electron chi connectivity index (χ1n) is 13.7. The molecule has 2 atom stereocenters. The van der Waals surface area contributed by atoms with Crippen LogP contribution < -0.4 is 5.32 Å². The lowest BCUT2D eigenvalue weighted by atomic mass is 10.1. The van der Waals surface area contributed by atoms with Crippen LogP contribution in [0.25, 0.3) is 0 Å². The molecule has 11 nitrogen and oxygen atoms in total. The Balaban J connectivity index is 2.19. The van der Waals surface area contributed by atoms with E-state index in [2.05, 4.69) is 5.32 Å². The second kappa shape index (κ2) is 15.0. The highest BCUT2D eigenvalue weighted by Crippen LogP contribution is 2.29. The number of hydrogen-bond acceptors (Lipinski definition) is 10. The zero-order valence-electron chi connectivity index (χ0n) is 24.9. The van der Waals surface area contributed by atoms with Crippen LogP contribution in [0.15, 0.2) is 30.3 Å². The van der Waals surface area contributed by atoms with Crippen molar-refractivity contribution >= 4 is 24.0 Å². The van der Waals surface area contributed by atoms with Gasteiger partial charge in [-0.2, -0.15) is 0 Å². The number of carbonyl (C=O) groups excluding carboxylic acids is 4. The maximum Gasteiger partial charge on any atom is 0.509 e. The molecule has 0 bridgehead atoms. The number of hydrogen-bond donors (Lipinski definition) is 1. The first kappa shape index (κ1) is 33.0. The average Bonchev–Trinajstić information content (AvgIpc) is 3.20. The van der Waals surface area contributed by atoms with Gasteiger partial charge in [-0.15, -0.1) is 0 Å². The van der Waals surface area contributed by atoms with Crippen LogP contribution in [0.4, 0.5) is 4.79 Å². The Kier molecular flexibility index (Phi) is 12.4. The highest BCUT2D eigenvalue weighted by molar-refractivity contribution is 5.86. The molecule has 1 aromatic rings. The topological polar surface area (TPSA) is 124 Å². The van der Waals surface area contributed by atoms with E-state index in [1.165, 1.54) is 4.90 Å². The van der Waals surface area contributed by atoms with Crippen molar-refractivity contribution in [3.63, 3.8) is 0 Å². The van der Waals surface area contributed by atoms with Crippen LogP contribution in [-0.4, -0.2) is 90.1 Å². The maximum absolute atomic E-state index is 13.9. The third-order valence-corrected chi connectivity index (χ3v) is 5.74. The van der Waals surface area contributed by atoms with Crippen molar-refractivity contribution in [2.24, 2.45) is 0 Å². The van der Waals surface area contributed by atoms with Gasteiger partial charge in [-0.3, -0.25) is 19.3 Å². The molecule has 0 aromatic heterocycles. The number of benzene rings is 1. The number of nitrogens with zero attached hydrogens (tertiary/aromatic N) is 2. The molecule has 1 aromatic carbocycles. The van der Waals surface area contributed by atoms with Crippen molar-refractivity contribution in [2.45, 2.75) is 91.3 Å². The zero-order valence-corrected chi connectivity index (χ0v) is 24.9.